The van der Waals surface area contributed by atoms with E-state index in [0.29, 0.717) is 11.5 Å². The van der Waals surface area contributed by atoms with Gasteiger partial charge in [-0.25, -0.2) is 0 Å². The first kappa shape index (κ1) is 11.0. The van der Waals surface area contributed by atoms with Gasteiger partial charge in [-0.15, -0.1) is 0 Å². The molecule has 1 rings (SSSR count). The Labute approximate surface area is 82.1 Å². The van der Waals surface area contributed by atoms with Gasteiger partial charge in [-0.1, -0.05) is 20.8 Å². The molecule has 13 heavy (non-hydrogen) atoms. The fraction of sp³-hybridized carbons (Fsp3) is 1.00. The van der Waals surface area contributed by atoms with Crippen molar-refractivity contribution in [3.05, 3.63) is 0 Å². The van der Waals surface area contributed by atoms with Gasteiger partial charge < -0.3 is 11.5 Å². The number of rotatable bonds is 1. The van der Waals surface area contributed by atoms with E-state index >= 15 is 0 Å². The van der Waals surface area contributed by atoms with Crippen LogP contribution in [0, 0.1) is 10.8 Å². The second-order valence-corrected chi connectivity index (χ2v) is 5.95. The molecule has 0 amide bonds. The molecule has 1 aliphatic carbocycles. The lowest BCUT2D eigenvalue weighted by Crippen LogP contribution is -2.49. The smallest absolute Gasteiger partial charge is 0.00651 e. The molecule has 0 radical (unpaired) electrons. The SMILES string of the molecule is CC(N)C1(C)CC(N)CC(C)(C)C1. The van der Waals surface area contributed by atoms with Crippen LogP contribution >= 0.6 is 0 Å². The standard InChI is InChI=1S/C11H24N2/c1-8(12)11(4)6-9(13)5-10(2,3)7-11/h8-9H,5-7,12-13H2,1-4H3. The van der Waals surface area contributed by atoms with Crippen molar-refractivity contribution in [2.75, 3.05) is 0 Å². The predicted octanol–water partition coefficient (Wildman–Crippen LogP) is 1.88. The summed E-state index contributed by atoms with van der Waals surface area (Å²) in [7, 11) is 0. The van der Waals surface area contributed by atoms with Crippen LogP contribution in [-0.4, -0.2) is 12.1 Å². The van der Waals surface area contributed by atoms with E-state index in [-0.39, 0.29) is 11.5 Å². The highest BCUT2D eigenvalue weighted by atomic mass is 14.7. The van der Waals surface area contributed by atoms with Crippen molar-refractivity contribution in [3.8, 4) is 0 Å². The lowest BCUT2D eigenvalue weighted by Gasteiger charge is -2.47. The van der Waals surface area contributed by atoms with Crippen LogP contribution in [0.15, 0.2) is 0 Å². The van der Waals surface area contributed by atoms with E-state index in [1.807, 2.05) is 0 Å². The van der Waals surface area contributed by atoms with Gasteiger partial charge >= 0.3 is 0 Å². The quantitative estimate of drug-likeness (QED) is 0.653. The largest absolute Gasteiger partial charge is 0.328 e. The molecule has 1 aliphatic rings. The fourth-order valence-electron chi connectivity index (χ4n) is 2.97. The molecule has 2 nitrogen and oxygen atoms in total. The van der Waals surface area contributed by atoms with E-state index in [1.54, 1.807) is 0 Å². The summed E-state index contributed by atoms with van der Waals surface area (Å²) in [4.78, 5) is 0. The Bertz CT molecular complexity index is 187. The lowest BCUT2D eigenvalue weighted by molar-refractivity contribution is 0.0657. The summed E-state index contributed by atoms with van der Waals surface area (Å²) in [6.07, 6.45) is 3.41. The van der Waals surface area contributed by atoms with Crippen LogP contribution < -0.4 is 11.5 Å². The van der Waals surface area contributed by atoms with Gasteiger partial charge in [0.1, 0.15) is 0 Å². The van der Waals surface area contributed by atoms with E-state index in [1.165, 1.54) is 6.42 Å². The molecule has 0 aromatic heterocycles. The summed E-state index contributed by atoms with van der Waals surface area (Å²) in [6, 6.07) is 0.581. The van der Waals surface area contributed by atoms with E-state index in [4.69, 9.17) is 11.5 Å². The molecular weight excluding hydrogens is 160 g/mol. The number of hydrogen-bond donors (Lipinski definition) is 2. The average Bonchev–Trinajstić information content (AvgIpc) is 1.79. The summed E-state index contributed by atoms with van der Waals surface area (Å²) in [6.45, 7) is 8.98. The second-order valence-electron chi connectivity index (χ2n) is 5.95. The molecule has 0 spiro atoms. The monoisotopic (exact) mass is 184 g/mol. The molecule has 78 valence electrons. The van der Waals surface area contributed by atoms with E-state index in [0.717, 1.165) is 12.8 Å². The van der Waals surface area contributed by atoms with Crippen LogP contribution in [0.3, 0.4) is 0 Å². The first-order chi connectivity index (χ1) is 5.75. The van der Waals surface area contributed by atoms with Crippen LogP contribution in [0.2, 0.25) is 0 Å². The van der Waals surface area contributed by atoms with Crippen LogP contribution in [-0.2, 0) is 0 Å². The summed E-state index contributed by atoms with van der Waals surface area (Å²) < 4.78 is 0. The third-order valence-corrected chi connectivity index (χ3v) is 3.52. The lowest BCUT2D eigenvalue weighted by atomic mass is 9.60. The van der Waals surface area contributed by atoms with Crippen molar-refractivity contribution >= 4 is 0 Å². The maximum atomic E-state index is 6.07. The average molecular weight is 184 g/mol. The van der Waals surface area contributed by atoms with Crippen LogP contribution in [0.4, 0.5) is 0 Å². The molecule has 3 atom stereocenters. The number of nitrogens with two attached hydrogens (primary N) is 2. The molecule has 2 heteroatoms. The normalized spacial score (nSPS) is 41.5. The molecule has 0 aromatic carbocycles. The first-order valence-electron chi connectivity index (χ1n) is 5.26. The summed E-state index contributed by atoms with van der Waals surface area (Å²) >= 11 is 0. The molecule has 4 N–H and O–H groups in total. The summed E-state index contributed by atoms with van der Waals surface area (Å²) in [5.41, 5.74) is 12.7. The molecule has 3 unspecified atom stereocenters. The number of hydrogen-bond acceptors (Lipinski definition) is 2. The maximum absolute atomic E-state index is 6.07. The molecule has 0 saturated heterocycles. The minimum atomic E-state index is 0.237. The molecule has 1 saturated carbocycles. The Hall–Kier alpha value is -0.0800. The minimum Gasteiger partial charge on any atom is -0.328 e. The second kappa shape index (κ2) is 3.25. The van der Waals surface area contributed by atoms with Crippen molar-refractivity contribution in [1.82, 2.24) is 0 Å². The Morgan fingerprint density at radius 3 is 2.15 bits per heavy atom. The highest BCUT2D eigenvalue weighted by Crippen LogP contribution is 2.46. The third kappa shape index (κ3) is 2.44. The van der Waals surface area contributed by atoms with E-state index in [9.17, 15) is 0 Å². The van der Waals surface area contributed by atoms with Crippen molar-refractivity contribution in [1.29, 1.82) is 0 Å². The zero-order valence-corrected chi connectivity index (χ0v) is 9.43. The molecule has 1 fully saturated rings. The molecule has 0 aliphatic heterocycles. The molecule has 0 aromatic rings. The predicted molar refractivity (Wildman–Crippen MR) is 57.4 cm³/mol. The third-order valence-electron chi connectivity index (χ3n) is 3.52. The van der Waals surface area contributed by atoms with Gasteiger partial charge in [0.2, 0.25) is 0 Å². The highest BCUT2D eigenvalue weighted by molar-refractivity contribution is 4.96. The van der Waals surface area contributed by atoms with Crippen molar-refractivity contribution in [3.63, 3.8) is 0 Å². The minimum absolute atomic E-state index is 0.237. The molecule has 0 bridgehead atoms. The van der Waals surface area contributed by atoms with Gasteiger partial charge in [0, 0.05) is 12.1 Å². The van der Waals surface area contributed by atoms with Crippen molar-refractivity contribution in [2.45, 2.75) is 59.0 Å². The van der Waals surface area contributed by atoms with E-state index in [2.05, 4.69) is 27.7 Å². The zero-order chi connectivity index (χ0) is 10.3. The van der Waals surface area contributed by atoms with Gasteiger partial charge in [-0.05, 0) is 37.0 Å². The Morgan fingerprint density at radius 1 is 1.23 bits per heavy atom. The Balaban J connectivity index is 2.78. The van der Waals surface area contributed by atoms with Crippen molar-refractivity contribution < 1.29 is 0 Å². The fourth-order valence-corrected chi connectivity index (χ4v) is 2.97. The van der Waals surface area contributed by atoms with Crippen LogP contribution in [0.25, 0.3) is 0 Å². The Kier molecular flexibility index (Phi) is 2.75. The van der Waals surface area contributed by atoms with Gasteiger partial charge in [0.05, 0.1) is 0 Å². The maximum Gasteiger partial charge on any atom is 0.00651 e. The van der Waals surface area contributed by atoms with Crippen molar-refractivity contribution in [2.24, 2.45) is 22.3 Å². The van der Waals surface area contributed by atoms with Crippen LogP contribution in [0.5, 0.6) is 0 Å². The summed E-state index contributed by atoms with van der Waals surface area (Å²) in [5.74, 6) is 0. The zero-order valence-electron chi connectivity index (χ0n) is 9.43. The van der Waals surface area contributed by atoms with Gasteiger partial charge in [0.25, 0.3) is 0 Å². The van der Waals surface area contributed by atoms with Gasteiger partial charge in [-0.2, -0.15) is 0 Å². The topological polar surface area (TPSA) is 52.0 Å². The highest BCUT2D eigenvalue weighted by Gasteiger charge is 2.41. The van der Waals surface area contributed by atoms with Crippen LogP contribution in [0.1, 0.15) is 47.0 Å². The van der Waals surface area contributed by atoms with E-state index < -0.39 is 0 Å². The Morgan fingerprint density at radius 2 is 1.77 bits per heavy atom. The molecule has 0 heterocycles. The first-order valence-corrected chi connectivity index (χ1v) is 5.26. The van der Waals surface area contributed by atoms with Gasteiger partial charge in [-0.3, -0.25) is 0 Å². The van der Waals surface area contributed by atoms with Gasteiger partial charge in [0.15, 0.2) is 0 Å². The molecular formula is C11H24N2. The summed E-state index contributed by atoms with van der Waals surface area (Å²) in [5, 5.41) is 0.